The molecule has 0 radical (unpaired) electrons. The molecule has 168 valence electrons. The Morgan fingerprint density at radius 2 is 1.82 bits per heavy atom. The van der Waals surface area contributed by atoms with Crippen LogP contribution >= 0.6 is 22.6 Å². The Hall–Kier alpha value is -2.71. The summed E-state index contributed by atoms with van der Waals surface area (Å²) in [7, 11) is 1.89. The van der Waals surface area contributed by atoms with Gasteiger partial charge in [-0.3, -0.25) is 9.48 Å². The number of ketones is 1. The number of carbonyl (C=O) groups excluding carboxylic acids is 1. The van der Waals surface area contributed by atoms with Crippen molar-refractivity contribution in [1.29, 1.82) is 0 Å². The lowest BCUT2D eigenvalue weighted by Crippen LogP contribution is -2.43. The number of hydrogen-bond donors (Lipinski definition) is 1. The van der Waals surface area contributed by atoms with Crippen molar-refractivity contribution in [2.75, 3.05) is 0 Å². The summed E-state index contributed by atoms with van der Waals surface area (Å²) < 4.78 is 7.95. The lowest BCUT2D eigenvalue weighted by atomic mass is 9.72. The smallest absolute Gasteiger partial charge is 0.193 e. The third-order valence-electron chi connectivity index (χ3n) is 6.46. The van der Waals surface area contributed by atoms with Gasteiger partial charge < -0.3 is 10.5 Å². The van der Waals surface area contributed by atoms with E-state index >= 15 is 0 Å². The summed E-state index contributed by atoms with van der Waals surface area (Å²) in [5.74, 6) is 0.589. The highest BCUT2D eigenvalue weighted by Gasteiger charge is 2.34. The van der Waals surface area contributed by atoms with Crippen molar-refractivity contribution in [1.82, 2.24) is 9.78 Å². The molecule has 1 unspecified atom stereocenters. The van der Waals surface area contributed by atoms with Crippen molar-refractivity contribution in [3.8, 4) is 0 Å². The van der Waals surface area contributed by atoms with Crippen LogP contribution in [0.1, 0.15) is 57.7 Å². The lowest BCUT2D eigenvalue weighted by molar-refractivity contribution is -0.113. The van der Waals surface area contributed by atoms with E-state index in [2.05, 4.69) is 39.8 Å². The van der Waals surface area contributed by atoms with Crippen LogP contribution < -0.4 is 5.73 Å². The van der Waals surface area contributed by atoms with Gasteiger partial charge in [0.05, 0.1) is 5.57 Å². The SMILES string of the molecule is Cn1cc2c(n1)C(I)O/C(c1ccccc1)=C(/c1ccc(C3(N)CCC3)cc1)C(=O)C/C=C\2. The number of benzene rings is 2. The molecule has 1 aliphatic carbocycles. The molecule has 6 heteroatoms. The van der Waals surface area contributed by atoms with Gasteiger partial charge in [-0.2, -0.15) is 5.10 Å². The van der Waals surface area contributed by atoms with Crippen molar-refractivity contribution in [3.05, 3.63) is 94.8 Å². The Balaban J connectivity index is 1.65. The fraction of sp³-hybridized carbons (Fsp3) is 0.259. The van der Waals surface area contributed by atoms with Gasteiger partial charge in [-0.05, 0) is 53.0 Å². The van der Waals surface area contributed by atoms with E-state index in [0.717, 1.165) is 47.2 Å². The zero-order valence-corrected chi connectivity index (χ0v) is 20.7. The largest absolute Gasteiger partial charge is 0.472 e. The summed E-state index contributed by atoms with van der Waals surface area (Å²) in [6.45, 7) is 0. The van der Waals surface area contributed by atoms with Crippen LogP contribution in [0.3, 0.4) is 0 Å². The first-order valence-corrected chi connectivity index (χ1v) is 12.4. The van der Waals surface area contributed by atoms with Gasteiger partial charge in [0.2, 0.25) is 0 Å². The van der Waals surface area contributed by atoms with Crippen LogP contribution in [0, 0.1) is 0 Å². The molecule has 0 bridgehead atoms. The van der Waals surface area contributed by atoms with Gasteiger partial charge in [0.25, 0.3) is 0 Å². The Bertz CT molecular complexity index is 1240. The maximum Gasteiger partial charge on any atom is 0.193 e. The molecule has 3 aromatic rings. The predicted molar refractivity (Wildman–Crippen MR) is 139 cm³/mol. The first-order chi connectivity index (χ1) is 15.9. The highest BCUT2D eigenvalue weighted by molar-refractivity contribution is 14.1. The summed E-state index contributed by atoms with van der Waals surface area (Å²) in [4.78, 5) is 13.6. The minimum atomic E-state index is -0.360. The third kappa shape index (κ3) is 4.29. The summed E-state index contributed by atoms with van der Waals surface area (Å²) >= 11 is 2.25. The van der Waals surface area contributed by atoms with E-state index in [1.165, 1.54) is 0 Å². The van der Waals surface area contributed by atoms with Gasteiger partial charge in [0, 0.05) is 36.3 Å². The molecular formula is C27H26IN3O2. The number of fused-ring (bicyclic) bond motifs is 1. The van der Waals surface area contributed by atoms with Gasteiger partial charge in [-0.15, -0.1) is 0 Å². The fourth-order valence-electron chi connectivity index (χ4n) is 4.48. The van der Waals surface area contributed by atoms with Crippen LogP contribution in [0.15, 0.2) is 66.9 Å². The molecule has 1 aliphatic heterocycles. The minimum Gasteiger partial charge on any atom is -0.472 e. The average molecular weight is 551 g/mol. The summed E-state index contributed by atoms with van der Waals surface area (Å²) in [5, 5.41) is 4.62. The molecule has 0 spiro atoms. The van der Waals surface area contributed by atoms with Crippen molar-refractivity contribution >= 4 is 45.8 Å². The number of halogens is 1. The van der Waals surface area contributed by atoms with E-state index in [1.807, 2.05) is 67.9 Å². The van der Waals surface area contributed by atoms with Gasteiger partial charge in [0.1, 0.15) is 11.5 Å². The second-order valence-electron chi connectivity index (χ2n) is 8.76. The molecule has 5 nitrogen and oxygen atoms in total. The number of rotatable bonds is 3. The van der Waals surface area contributed by atoms with Gasteiger partial charge >= 0.3 is 0 Å². The number of Topliss-reactive ketones (excluding diaryl/α,β-unsaturated/α-hetero) is 1. The van der Waals surface area contributed by atoms with Gasteiger partial charge in [-0.25, -0.2) is 0 Å². The van der Waals surface area contributed by atoms with E-state index in [9.17, 15) is 4.79 Å². The third-order valence-corrected chi connectivity index (χ3v) is 7.30. The van der Waals surface area contributed by atoms with Crippen LogP contribution in [-0.4, -0.2) is 15.6 Å². The highest BCUT2D eigenvalue weighted by atomic mass is 127. The highest BCUT2D eigenvalue weighted by Crippen LogP contribution is 2.41. The Kier molecular flexibility index (Phi) is 5.97. The second kappa shape index (κ2) is 8.91. The number of nitrogens with zero attached hydrogens (tertiary/aromatic N) is 2. The number of nitrogens with two attached hydrogens (primary N) is 1. The average Bonchev–Trinajstić information content (AvgIpc) is 3.18. The van der Waals surface area contributed by atoms with Crippen LogP contribution in [0.4, 0.5) is 0 Å². The second-order valence-corrected chi connectivity index (χ2v) is 9.90. The molecule has 0 saturated heterocycles. The number of carbonyl (C=O) groups is 1. The molecule has 33 heavy (non-hydrogen) atoms. The van der Waals surface area contributed by atoms with Crippen LogP contribution in [0.25, 0.3) is 17.4 Å². The van der Waals surface area contributed by atoms with Crippen molar-refractivity contribution in [2.45, 2.75) is 35.3 Å². The number of ether oxygens (including phenoxy) is 1. The molecule has 2 aromatic carbocycles. The number of allylic oxidation sites excluding steroid dienone is 2. The quantitative estimate of drug-likeness (QED) is 0.332. The maximum absolute atomic E-state index is 13.6. The van der Waals surface area contributed by atoms with Crippen molar-refractivity contribution in [3.63, 3.8) is 0 Å². The Labute approximate surface area is 207 Å². The van der Waals surface area contributed by atoms with Crippen molar-refractivity contribution in [2.24, 2.45) is 12.8 Å². The van der Waals surface area contributed by atoms with Crippen LogP contribution in [0.2, 0.25) is 0 Å². The number of aryl methyl sites for hydroxylation is 1. The molecule has 1 fully saturated rings. The molecule has 0 amide bonds. The lowest BCUT2D eigenvalue weighted by Gasteiger charge is -2.38. The molecule has 2 heterocycles. The zero-order chi connectivity index (χ0) is 23.0. The summed E-state index contributed by atoms with van der Waals surface area (Å²) in [6, 6.07) is 18.0. The Morgan fingerprint density at radius 1 is 1.09 bits per heavy atom. The Morgan fingerprint density at radius 3 is 2.48 bits per heavy atom. The normalized spacial score (nSPS) is 23.2. The number of hydrogen-bond acceptors (Lipinski definition) is 4. The molecule has 2 aliphatic rings. The number of aromatic nitrogens is 2. The molecule has 1 atom stereocenters. The van der Waals surface area contributed by atoms with Crippen molar-refractivity contribution < 1.29 is 9.53 Å². The fourth-order valence-corrected chi connectivity index (χ4v) is 5.22. The monoisotopic (exact) mass is 551 g/mol. The van der Waals surface area contributed by atoms with E-state index < -0.39 is 0 Å². The van der Waals surface area contributed by atoms with Crippen LogP contribution in [0.5, 0.6) is 0 Å². The molecule has 1 saturated carbocycles. The van der Waals surface area contributed by atoms with E-state index in [-0.39, 0.29) is 21.9 Å². The first kappa shape index (κ1) is 22.1. The number of alkyl halides is 1. The summed E-state index contributed by atoms with van der Waals surface area (Å²) in [5.41, 5.74) is 11.5. The maximum atomic E-state index is 13.6. The van der Waals surface area contributed by atoms with Crippen LogP contribution in [-0.2, 0) is 22.1 Å². The predicted octanol–water partition coefficient (Wildman–Crippen LogP) is 5.76. The van der Waals surface area contributed by atoms with E-state index in [1.54, 1.807) is 4.68 Å². The van der Waals surface area contributed by atoms with E-state index in [4.69, 9.17) is 10.5 Å². The summed E-state index contributed by atoms with van der Waals surface area (Å²) in [6.07, 6.45) is 9.25. The standard InChI is InChI=1S/C27H26IN3O2/c1-31-17-20-9-5-10-22(32)23(18-11-13-21(14-12-18)27(29)15-6-16-27)25(19-7-3-2-4-8-19)33-26(28)24(20)30-31/h2-5,7-9,11-14,17,26H,6,10,15-16,29H2,1H3/b9-5-,25-23-. The van der Waals surface area contributed by atoms with Gasteiger partial charge in [0.15, 0.2) is 9.89 Å². The topological polar surface area (TPSA) is 70.1 Å². The molecule has 1 aromatic heterocycles. The van der Waals surface area contributed by atoms with E-state index in [0.29, 0.717) is 11.3 Å². The molecular weight excluding hydrogens is 525 g/mol. The zero-order valence-electron chi connectivity index (χ0n) is 18.5. The van der Waals surface area contributed by atoms with Gasteiger partial charge in [-0.1, -0.05) is 66.7 Å². The first-order valence-electron chi connectivity index (χ1n) is 11.2. The molecule has 5 rings (SSSR count). The minimum absolute atomic E-state index is 0.0138. The molecule has 2 N–H and O–H groups in total.